The van der Waals surface area contributed by atoms with Crippen molar-refractivity contribution in [1.29, 1.82) is 0 Å². The lowest BCUT2D eigenvalue weighted by atomic mass is 10.3. The van der Waals surface area contributed by atoms with Crippen molar-refractivity contribution >= 4 is 23.0 Å². The fourth-order valence-electron chi connectivity index (χ4n) is 0.766. The molecular weight excluding hydrogens is 182 g/mol. The molecule has 1 rings (SSSR count). The van der Waals surface area contributed by atoms with Crippen molar-refractivity contribution in [2.24, 2.45) is 0 Å². The molecule has 0 unspecified atom stereocenters. The van der Waals surface area contributed by atoms with Crippen LogP contribution in [0, 0.1) is 10.1 Å². The minimum Gasteiger partial charge on any atom is -0.481 e. The van der Waals surface area contributed by atoms with Gasteiger partial charge in [0.1, 0.15) is 0 Å². The van der Waals surface area contributed by atoms with Gasteiger partial charge in [-0.3, -0.25) is 14.9 Å². The lowest BCUT2D eigenvalue weighted by molar-refractivity contribution is -0.385. The molecule has 1 aromatic heterocycles. The number of thiophene rings is 1. The van der Waals surface area contributed by atoms with Crippen LogP contribution in [0.25, 0.3) is 0 Å². The molecule has 1 N–H and O–H groups in total. The van der Waals surface area contributed by atoms with Gasteiger partial charge in [0.2, 0.25) is 0 Å². The van der Waals surface area contributed by atoms with Gasteiger partial charge < -0.3 is 5.11 Å². The summed E-state index contributed by atoms with van der Waals surface area (Å²) in [7, 11) is 0. The zero-order valence-electron chi connectivity index (χ0n) is 5.89. The molecule has 0 aliphatic heterocycles. The van der Waals surface area contributed by atoms with Crippen LogP contribution in [0.5, 0.6) is 0 Å². The average Bonchev–Trinajstić information content (AvgIpc) is 2.33. The third kappa shape index (κ3) is 1.79. The molecule has 64 valence electrons. The average molecular weight is 187 g/mol. The Balaban J connectivity index is 2.91. The Labute approximate surface area is 71.4 Å². The summed E-state index contributed by atoms with van der Waals surface area (Å²) in [6.07, 6.45) is -0.284. The summed E-state index contributed by atoms with van der Waals surface area (Å²) < 4.78 is 0. The molecule has 0 radical (unpaired) electrons. The van der Waals surface area contributed by atoms with Gasteiger partial charge >= 0.3 is 5.97 Å². The first-order chi connectivity index (χ1) is 5.61. The highest BCUT2D eigenvalue weighted by Gasteiger charge is 2.16. The van der Waals surface area contributed by atoms with E-state index in [0.717, 1.165) is 11.3 Å². The fourth-order valence-corrected chi connectivity index (χ4v) is 1.60. The zero-order valence-corrected chi connectivity index (χ0v) is 6.71. The Morgan fingerprint density at radius 2 is 2.42 bits per heavy atom. The summed E-state index contributed by atoms with van der Waals surface area (Å²) >= 11 is 1.08. The lowest BCUT2D eigenvalue weighted by Crippen LogP contribution is -2.00. The second kappa shape index (κ2) is 3.31. The van der Waals surface area contributed by atoms with Gasteiger partial charge in [0.05, 0.1) is 16.2 Å². The van der Waals surface area contributed by atoms with E-state index in [1.165, 1.54) is 11.4 Å². The topological polar surface area (TPSA) is 80.4 Å². The highest BCUT2D eigenvalue weighted by Crippen LogP contribution is 2.24. The van der Waals surface area contributed by atoms with Gasteiger partial charge in [-0.2, -0.15) is 0 Å². The summed E-state index contributed by atoms with van der Waals surface area (Å²) in [4.78, 5) is 20.2. The van der Waals surface area contributed by atoms with E-state index in [9.17, 15) is 14.9 Å². The maximum atomic E-state index is 10.3. The minimum absolute atomic E-state index is 0.109. The second-order valence-corrected chi connectivity index (χ2v) is 3.06. The Hall–Kier alpha value is -1.43. The number of aliphatic carboxylic acids is 1. The summed E-state index contributed by atoms with van der Waals surface area (Å²) in [6, 6.07) is 1.31. The summed E-state index contributed by atoms with van der Waals surface area (Å²) in [5, 5.41) is 20.2. The lowest BCUT2D eigenvalue weighted by Gasteiger charge is -1.90. The quantitative estimate of drug-likeness (QED) is 0.571. The van der Waals surface area contributed by atoms with Crippen molar-refractivity contribution < 1.29 is 14.8 Å². The van der Waals surface area contributed by atoms with E-state index in [1.807, 2.05) is 0 Å². The monoisotopic (exact) mass is 187 g/mol. The van der Waals surface area contributed by atoms with E-state index in [-0.39, 0.29) is 17.0 Å². The first-order valence-corrected chi connectivity index (χ1v) is 3.92. The Morgan fingerprint density at radius 3 is 2.92 bits per heavy atom. The molecule has 0 spiro atoms. The molecule has 6 heteroatoms. The predicted molar refractivity (Wildman–Crippen MR) is 42.3 cm³/mol. The Morgan fingerprint density at radius 1 is 1.75 bits per heavy atom. The van der Waals surface area contributed by atoms with E-state index in [1.54, 1.807) is 0 Å². The molecule has 0 atom stereocenters. The van der Waals surface area contributed by atoms with E-state index in [0.29, 0.717) is 0 Å². The molecule has 0 aliphatic carbocycles. The van der Waals surface area contributed by atoms with Crippen molar-refractivity contribution in [3.05, 3.63) is 26.4 Å². The number of carboxylic acids is 1. The molecule has 0 aromatic carbocycles. The third-order valence-electron chi connectivity index (χ3n) is 1.23. The van der Waals surface area contributed by atoms with Gasteiger partial charge in [-0.05, 0) is 5.38 Å². The van der Waals surface area contributed by atoms with Crippen molar-refractivity contribution in [3.63, 3.8) is 0 Å². The van der Waals surface area contributed by atoms with Crippen LogP contribution in [0.1, 0.15) is 4.88 Å². The van der Waals surface area contributed by atoms with Gasteiger partial charge in [-0.15, -0.1) is 11.3 Å². The maximum absolute atomic E-state index is 10.3. The van der Waals surface area contributed by atoms with Crippen molar-refractivity contribution in [2.75, 3.05) is 0 Å². The molecule has 12 heavy (non-hydrogen) atoms. The first kappa shape index (κ1) is 8.66. The Kier molecular flexibility index (Phi) is 2.39. The SMILES string of the molecule is O=C(O)Cc1sccc1[N+](=O)[O-]. The number of hydrogen-bond donors (Lipinski definition) is 1. The summed E-state index contributed by atoms with van der Waals surface area (Å²) in [6.45, 7) is 0. The van der Waals surface area contributed by atoms with Crippen molar-refractivity contribution in [1.82, 2.24) is 0 Å². The number of carbonyl (C=O) groups is 1. The standard InChI is InChI=1S/C6H5NO4S/c8-6(9)3-5-4(7(10)11)1-2-12-5/h1-2H,3H2,(H,8,9). The summed E-state index contributed by atoms with van der Waals surface area (Å²) in [5.41, 5.74) is -0.109. The number of hydrogen-bond acceptors (Lipinski definition) is 4. The molecule has 5 nitrogen and oxygen atoms in total. The molecule has 1 aromatic rings. The van der Waals surface area contributed by atoms with E-state index < -0.39 is 10.9 Å². The molecule has 0 bridgehead atoms. The third-order valence-corrected chi connectivity index (χ3v) is 2.14. The zero-order chi connectivity index (χ0) is 9.14. The smallest absolute Gasteiger partial charge is 0.308 e. The predicted octanol–water partition coefficient (Wildman–Crippen LogP) is 1.28. The van der Waals surface area contributed by atoms with Gasteiger partial charge in [0.15, 0.2) is 0 Å². The van der Waals surface area contributed by atoms with Crippen LogP contribution < -0.4 is 0 Å². The number of nitro groups is 1. The molecule has 0 fully saturated rings. The van der Waals surface area contributed by atoms with Crippen LogP contribution in [-0.2, 0) is 11.2 Å². The van der Waals surface area contributed by atoms with Gasteiger partial charge in [-0.25, -0.2) is 0 Å². The largest absolute Gasteiger partial charge is 0.481 e. The highest BCUT2D eigenvalue weighted by atomic mass is 32.1. The van der Waals surface area contributed by atoms with Crippen LogP contribution in [0.3, 0.4) is 0 Å². The maximum Gasteiger partial charge on any atom is 0.308 e. The number of carboxylic acid groups (broad SMARTS) is 1. The van der Waals surface area contributed by atoms with Crippen LogP contribution in [0.2, 0.25) is 0 Å². The van der Waals surface area contributed by atoms with Gasteiger partial charge in [-0.1, -0.05) is 0 Å². The molecule has 0 saturated carbocycles. The van der Waals surface area contributed by atoms with Crippen LogP contribution in [0.4, 0.5) is 5.69 Å². The highest BCUT2D eigenvalue weighted by molar-refractivity contribution is 7.10. The van der Waals surface area contributed by atoms with E-state index >= 15 is 0 Å². The van der Waals surface area contributed by atoms with Crippen LogP contribution in [-0.4, -0.2) is 16.0 Å². The van der Waals surface area contributed by atoms with Crippen LogP contribution in [0.15, 0.2) is 11.4 Å². The first-order valence-electron chi connectivity index (χ1n) is 3.04. The fraction of sp³-hybridized carbons (Fsp3) is 0.167. The van der Waals surface area contributed by atoms with Gasteiger partial charge in [0, 0.05) is 6.07 Å². The van der Waals surface area contributed by atoms with Crippen molar-refractivity contribution in [2.45, 2.75) is 6.42 Å². The Bertz CT molecular complexity index is 319. The van der Waals surface area contributed by atoms with Crippen molar-refractivity contribution in [3.8, 4) is 0 Å². The van der Waals surface area contributed by atoms with E-state index in [4.69, 9.17) is 5.11 Å². The second-order valence-electron chi connectivity index (χ2n) is 2.06. The number of nitrogens with zero attached hydrogens (tertiary/aromatic N) is 1. The molecular formula is C6H5NO4S. The summed E-state index contributed by atoms with van der Waals surface area (Å²) in [5.74, 6) is -1.06. The number of rotatable bonds is 3. The molecule has 0 amide bonds. The molecule has 1 heterocycles. The van der Waals surface area contributed by atoms with Gasteiger partial charge in [0.25, 0.3) is 5.69 Å². The normalized spacial score (nSPS) is 9.67. The molecule has 0 aliphatic rings. The van der Waals surface area contributed by atoms with Crippen LogP contribution >= 0.6 is 11.3 Å². The minimum atomic E-state index is -1.06. The van der Waals surface area contributed by atoms with E-state index in [2.05, 4.69) is 0 Å². The molecule has 0 saturated heterocycles.